The molecule has 1 unspecified atom stereocenters. The van der Waals surface area contributed by atoms with Crippen LogP contribution in [0.1, 0.15) is 18.9 Å². The Bertz CT molecular complexity index is 423. The number of hydrogen-bond donors (Lipinski definition) is 1. The molecule has 1 aromatic rings. The van der Waals surface area contributed by atoms with Crippen molar-refractivity contribution in [3.8, 4) is 0 Å². The average Bonchev–Trinajstić information content (AvgIpc) is 2.35. The van der Waals surface area contributed by atoms with E-state index in [-0.39, 0.29) is 30.2 Å². The topological polar surface area (TPSA) is 49.6 Å². The van der Waals surface area contributed by atoms with Crippen LogP contribution in [0.5, 0.6) is 0 Å². The standard InChI is InChI=1S/C15H24FN3O.ClH/c1-12(17)10-15(20)19(9-8-18(2)3)11-13-4-6-14(16)7-5-13;/h4-7,12H,8-11,17H2,1-3H3;1H. The van der Waals surface area contributed by atoms with Crippen LogP contribution in [-0.2, 0) is 11.3 Å². The van der Waals surface area contributed by atoms with Crippen LogP contribution < -0.4 is 5.73 Å². The summed E-state index contributed by atoms with van der Waals surface area (Å²) in [5.74, 6) is -0.235. The molecule has 0 aromatic heterocycles. The van der Waals surface area contributed by atoms with Gasteiger partial charge in [-0.1, -0.05) is 12.1 Å². The van der Waals surface area contributed by atoms with Crippen molar-refractivity contribution in [1.29, 1.82) is 0 Å². The average molecular weight is 318 g/mol. The summed E-state index contributed by atoms with van der Waals surface area (Å²) >= 11 is 0. The molecule has 0 aliphatic rings. The van der Waals surface area contributed by atoms with Crippen molar-refractivity contribution in [2.45, 2.75) is 25.9 Å². The van der Waals surface area contributed by atoms with E-state index in [1.54, 1.807) is 17.0 Å². The molecule has 1 amide bonds. The maximum absolute atomic E-state index is 12.9. The molecule has 0 aliphatic carbocycles. The van der Waals surface area contributed by atoms with Crippen LogP contribution in [0.3, 0.4) is 0 Å². The lowest BCUT2D eigenvalue weighted by Crippen LogP contribution is -2.38. The van der Waals surface area contributed by atoms with Crippen LogP contribution >= 0.6 is 12.4 Å². The first-order valence-electron chi connectivity index (χ1n) is 6.81. The number of likely N-dealkylation sites (N-methyl/N-ethyl adjacent to an activating group) is 1. The van der Waals surface area contributed by atoms with E-state index in [4.69, 9.17) is 5.73 Å². The van der Waals surface area contributed by atoms with E-state index in [9.17, 15) is 9.18 Å². The fourth-order valence-electron chi connectivity index (χ4n) is 1.83. The zero-order chi connectivity index (χ0) is 15.1. The molecule has 0 radical (unpaired) electrons. The Morgan fingerprint density at radius 1 is 1.24 bits per heavy atom. The summed E-state index contributed by atoms with van der Waals surface area (Å²) in [7, 11) is 3.93. The molecule has 0 saturated carbocycles. The molecule has 0 aliphatic heterocycles. The maximum atomic E-state index is 12.9. The molecule has 4 nitrogen and oxygen atoms in total. The molecule has 0 saturated heterocycles. The van der Waals surface area contributed by atoms with E-state index < -0.39 is 0 Å². The van der Waals surface area contributed by atoms with Gasteiger partial charge in [0.25, 0.3) is 0 Å². The number of nitrogens with zero attached hydrogens (tertiary/aromatic N) is 2. The number of hydrogen-bond acceptors (Lipinski definition) is 3. The largest absolute Gasteiger partial charge is 0.337 e. The summed E-state index contributed by atoms with van der Waals surface area (Å²) < 4.78 is 12.9. The second kappa shape index (κ2) is 9.71. The third kappa shape index (κ3) is 7.99. The number of rotatable bonds is 7. The second-order valence-electron chi connectivity index (χ2n) is 5.43. The van der Waals surface area contributed by atoms with Gasteiger partial charge < -0.3 is 15.5 Å². The molecule has 0 heterocycles. The fraction of sp³-hybridized carbons (Fsp3) is 0.533. The molecule has 1 atom stereocenters. The number of amides is 1. The first-order valence-corrected chi connectivity index (χ1v) is 6.81. The number of carbonyl (C=O) groups is 1. The Kier molecular flexibility index (Phi) is 9.17. The third-order valence-corrected chi connectivity index (χ3v) is 2.95. The summed E-state index contributed by atoms with van der Waals surface area (Å²) in [4.78, 5) is 16.0. The lowest BCUT2D eigenvalue weighted by Gasteiger charge is -2.25. The summed E-state index contributed by atoms with van der Waals surface area (Å²) in [6, 6.07) is 6.08. The highest BCUT2D eigenvalue weighted by Gasteiger charge is 2.15. The van der Waals surface area contributed by atoms with Gasteiger partial charge in [0.1, 0.15) is 5.82 Å². The van der Waals surface area contributed by atoms with Crippen molar-refractivity contribution in [3.63, 3.8) is 0 Å². The molecule has 0 fully saturated rings. The van der Waals surface area contributed by atoms with Gasteiger partial charge in [-0.25, -0.2) is 4.39 Å². The minimum atomic E-state index is -0.268. The molecule has 0 bridgehead atoms. The van der Waals surface area contributed by atoms with Gasteiger partial charge >= 0.3 is 0 Å². The minimum Gasteiger partial charge on any atom is -0.337 e. The summed E-state index contributed by atoms with van der Waals surface area (Å²) in [5, 5.41) is 0. The van der Waals surface area contributed by atoms with Gasteiger partial charge in [-0.2, -0.15) is 0 Å². The molecule has 0 spiro atoms. The van der Waals surface area contributed by atoms with E-state index in [0.29, 0.717) is 19.5 Å². The van der Waals surface area contributed by atoms with E-state index in [2.05, 4.69) is 0 Å². The monoisotopic (exact) mass is 317 g/mol. The van der Waals surface area contributed by atoms with Gasteiger partial charge in [-0.15, -0.1) is 12.4 Å². The number of carbonyl (C=O) groups excluding carboxylic acids is 1. The maximum Gasteiger partial charge on any atom is 0.224 e. The highest BCUT2D eigenvalue weighted by molar-refractivity contribution is 5.85. The van der Waals surface area contributed by atoms with Crippen LogP contribution in [0.2, 0.25) is 0 Å². The van der Waals surface area contributed by atoms with Gasteiger partial charge in [-0.05, 0) is 38.7 Å². The van der Waals surface area contributed by atoms with Crippen molar-refractivity contribution >= 4 is 18.3 Å². The van der Waals surface area contributed by atoms with Crippen LogP contribution in [0.15, 0.2) is 24.3 Å². The summed E-state index contributed by atoms with van der Waals surface area (Å²) in [6.07, 6.45) is 0.328. The summed E-state index contributed by atoms with van der Waals surface area (Å²) in [5.41, 5.74) is 6.61. The molecule has 1 aromatic carbocycles. The predicted octanol–water partition coefficient (Wildman–Crippen LogP) is 1.87. The molecule has 6 heteroatoms. The Morgan fingerprint density at radius 3 is 2.29 bits per heavy atom. The van der Waals surface area contributed by atoms with Crippen LogP contribution in [0.4, 0.5) is 4.39 Å². The van der Waals surface area contributed by atoms with Crippen LogP contribution in [0, 0.1) is 5.82 Å². The zero-order valence-corrected chi connectivity index (χ0v) is 13.7. The molecule has 21 heavy (non-hydrogen) atoms. The number of benzene rings is 1. The molecular formula is C15H25ClFN3O. The Balaban J connectivity index is 0.00000400. The SMILES string of the molecule is CC(N)CC(=O)N(CCN(C)C)Cc1ccc(F)cc1.Cl. The zero-order valence-electron chi connectivity index (χ0n) is 12.9. The minimum absolute atomic E-state index is 0. The van der Waals surface area contributed by atoms with Crippen molar-refractivity contribution < 1.29 is 9.18 Å². The lowest BCUT2D eigenvalue weighted by molar-refractivity contribution is -0.132. The molecular weight excluding hydrogens is 293 g/mol. The van der Waals surface area contributed by atoms with E-state index in [0.717, 1.165) is 12.1 Å². The highest BCUT2D eigenvalue weighted by Crippen LogP contribution is 2.08. The van der Waals surface area contributed by atoms with Crippen molar-refractivity contribution in [2.75, 3.05) is 27.2 Å². The quantitative estimate of drug-likeness (QED) is 0.835. The Morgan fingerprint density at radius 2 is 1.81 bits per heavy atom. The van der Waals surface area contributed by atoms with Gasteiger partial charge in [-0.3, -0.25) is 4.79 Å². The van der Waals surface area contributed by atoms with Crippen molar-refractivity contribution in [2.24, 2.45) is 5.73 Å². The van der Waals surface area contributed by atoms with Gasteiger partial charge in [0.2, 0.25) is 5.91 Å². The first kappa shape index (κ1) is 19.8. The van der Waals surface area contributed by atoms with Gasteiger partial charge in [0, 0.05) is 32.1 Å². The van der Waals surface area contributed by atoms with E-state index >= 15 is 0 Å². The van der Waals surface area contributed by atoms with Crippen molar-refractivity contribution in [3.05, 3.63) is 35.6 Å². The Hall–Kier alpha value is -1.17. The lowest BCUT2D eigenvalue weighted by atomic mass is 10.1. The molecule has 1 rings (SSSR count). The van der Waals surface area contributed by atoms with Crippen LogP contribution in [0.25, 0.3) is 0 Å². The Labute approximate surface area is 132 Å². The van der Waals surface area contributed by atoms with E-state index in [1.807, 2.05) is 25.9 Å². The van der Waals surface area contributed by atoms with E-state index in [1.165, 1.54) is 12.1 Å². The van der Waals surface area contributed by atoms with Crippen molar-refractivity contribution in [1.82, 2.24) is 9.80 Å². The first-order chi connectivity index (χ1) is 9.38. The normalized spacial score (nSPS) is 11.9. The van der Waals surface area contributed by atoms with Gasteiger partial charge in [0.05, 0.1) is 0 Å². The molecule has 2 N–H and O–H groups in total. The number of nitrogens with two attached hydrogens (primary N) is 1. The smallest absolute Gasteiger partial charge is 0.224 e. The van der Waals surface area contributed by atoms with Crippen LogP contribution in [-0.4, -0.2) is 48.9 Å². The van der Waals surface area contributed by atoms with Gasteiger partial charge in [0.15, 0.2) is 0 Å². The number of halogens is 2. The third-order valence-electron chi connectivity index (χ3n) is 2.95. The second-order valence-corrected chi connectivity index (χ2v) is 5.43. The predicted molar refractivity (Wildman–Crippen MR) is 85.9 cm³/mol. The summed E-state index contributed by atoms with van der Waals surface area (Å²) in [6.45, 7) is 3.72. The molecule has 120 valence electrons. The highest BCUT2D eigenvalue weighted by atomic mass is 35.5. The fourth-order valence-corrected chi connectivity index (χ4v) is 1.83.